The van der Waals surface area contributed by atoms with Crippen LogP contribution in [0.1, 0.15) is 78.2 Å². The third-order valence-corrected chi connectivity index (χ3v) is 8.24. The zero-order valence-corrected chi connectivity index (χ0v) is 22.8. The molecule has 1 saturated heterocycles. The Bertz CT molecular complexity index is 1290. The summed E-state index contributed by atoms with van der Waals surface area (Å²) in [5, 5.41) is 14.4. The largest absolute Gasteiger partial charge is 0.408 e. The van der Waals surface area contributed by atoms with Gasteiger partial charge in [-0.25, -0.2) is 27.5 Å². The van der Waals surface area contributed by atoms with Gasteiger partial charge in [-0.1, -0.05) is 6.92 Å². The fraction of sp³-hybridized carbons (Fsp3) is 0.600. The lowest BCUT2D eigenvalue weighted by atomic mass is 10.1. The highest BCUT2D eigenvalue weighted by atomic mass is 32.1. The summed E-state index contributed by atoms with van der Waals surface area (Å²) >= 11 is 0.540. The molecule has 0 aromatic carbocycles. The van der Waals surface area contributed by atoms with E-state index in [1.165, 1.54) is 13.8 Å². The third-order valence-electron chi connectivity index (χ3n) is 7.15. The van der Waals surface area contributed by atoms with Crippen LogP contribution in [0.4, 0.5) is 36.6 Å². The molecule has 1 aliphatic heterocycles. The lowest BCUT2D eigenvalue weighted by Gasteiger charge is -2.22. The summed E-state index contributed by atoms with van der Waals surface area (Å²) in [5.74, 6) is -5.51. The van der Waals surface area contributed by atoms with Crippen LogP contribution in [0, 0.1) is 0 Å². The van der Waals surface area contributed by atoms with Gasteiger partial charge in [0.2, 0.25) is 0 Å². The highest BCUT2D eigenvalue weighted by molar-refractivity contribution is 7.17. The van der Waals surface area contributed by atoms with Crippen molar-refractivity contribution in [2.45, 2.75) is 88.7 Å². The van der Waals surface area contributed by atoms with Crippen molar-refractivity contribution in [3.8, 4) is 10.4 Å². The monoisotopic (exact) mass is 611 g/mol. The Kier molecular flexibility index (Phi) is 8.83. The number of rotatable bonds is 8. The van der Waals surface area contributed by atoms with Crippen molar-refractivity contribution >= 4 is 29.0 Å². The van der Waals surface area contributed by atoms with Gasteiger partial charge in [0.1, 0.15) is 17.6 Å². The molecule has 2 aromatic rings. The van der Waals surface area contributed by atoms with Crippen LogP contribution < -0.4 is 10.6 Å². The molecule has 3 N–H and O–H groups in total. The highest BCUT2D eigenvalue weighted by Gasteiger charge is 2.46. The van der Waals surface area contributed by atoms with Crippen molar-refractivity contribution in [2.24, 2.45) is 0 Å². The maximum atomic E-state index is 14.2. The molecule has 1 unspecified atom stereocenters. The van der Waals surface area contributed by atoms with E-state index in [2.05, 4.69) is 20.6 Å². The number of aromatic nitrogens is 2. The molecule has 1 aliphatic carbocycles. The Morgan fingerprint density at radius 3 is 2.51 bits per heavy atom. The molecule has 0 bridgehead atoms. The second-order valence-electron chi connectivity index (χ2n) is 10.2. The maximum absolute atomic E-state index is 14.2. The van der Waals surface area contributed by atoms with E-state index < -0.39 is 91.0 Å². The molecule has 1 saturated carbocycles. The SMILES string of the molecule is CCC(Nc1cc(C(F)F)c(-c2sc(C(=O)N[C@H]3CCC[C@@H]3O)nc2C(=O)N2CC(F)(F)C[C@@H]2C)cn1)C(F)(F)F. The van der Waals surface area contributed by atoms with E-state index in [1.54, 1.807) is 0 Å². The first-order chi connectivity index (χ1) is 19.1. The molecule has 2 aromatic heterocycles. The van der Waals surface area contributed by atoms with Crippen molar-refractivity contribution in [1.29, 1.82) is 0 Å². The number of amides is 2. The van der Waals surface area contributed by atoms with Gasteiger partial charge in [0.25, 0.3) is 24.2 Å². The van der Waals surface area contributed by atoms with Gasteiger partial charge in [-0.2, -0.15) is 13.2 Å². The summed E-state index contributed by atoms with van der Waals surface area (Å²) in [6, 6.07) is -2.88. The molecule has 8 nitrogen and oxygen atoms in total. The van der Waals surface area contributed by atoms with Crippen LogP contribution in [-0.4, -0.2) is 74.7 Å². The number of nitrogens with one attached hydrogen (secondary N) is 2. The third kappa shape index (κ3) is 6.74. The number of thiazole rings is 1. The predicted molar refractivity (Wildman–Crippen MR) is 135 cm³/mol. The number of alkyl halides is 7. The minimum absolute atomic E-state index is 0.272. The van der Waals surface area contributed by atoms with E-state index >= 15 is 0 Å². The standard InChI is InChI=1S/C25H28F7N5O3S/c1-3-16(25(30,31)32)35-17-7-12(20(26)27)13(9-33-17)19-18(23(40)37-10-24(28,29)8-11(37)2)36-22(41-19)21(39)34-14-5-4-6-15(14)38/h7,9,11,14-16,20,38H,3-6,8,10H2,1-2H3,(H,33,35)(H,34,39)/t11-,14-,15-,16?/m0/s1. The molecule has 2 amide bonds. The Balaban J connectivity index is 1.76. The molecule has 0 radical (unpaired) electrons. The molecule has 2 fully saturated rings. The Morgan fingerprint density at radius 1 is 1.27 bits per heavy atom. The molecule has 4 atom stereocenters. The molecule has 226 valence electrons. The van der Waals surface area contributed by atoms with Gasteiger partial charge in [-0.3, -0.25) is 9.59 Å². The molecule has 0 spiro atoms. The summed E-state index contributed by atoms with van der Waals surface area (Å²) in [7, 11) is 0. The lowest BCUT2D eigenvalue weighted by molar-refractivity contribution is -0.142. The smallest absolute Gasteiger partial charge is 0.391 e. The van der Waals surface area contributed by atoms with Gasteiger partial charge in [-0.15, -0.1) is 11.3 Å². The second-order valence-corrected chi connectivity index (χ2v) is 11.2. The number of carbonyl (C=O) groups excluding carboxylic acids is 2. The topological polar surface area (TPSA) is 107 Å². The van der Waals surface area contributed by atoms with E-state index in [1.807, 2.05) is 0 Å². The van der Waals surface area contributed by atoms with Crippen molar-refractivity contribution in [2.75, 3.05) is 11.9 Å². The van der Waals surface area contributed by atoms with Gasteiger partial charge in [-0.05, 0) is 38.7 Å². The number of pyridine rings is 1. The van der Waals surface area contributed by atoms with Crippen molar-refractivity contribution in [3.05, 3.63) is 28.5 Å². The Labute approximate surface area is 234 Å². The number of likely N-dealkylation sites (tertiary alicyclic amines) is 1. The van der Waals surface area contributed by atoms with Crippen LogP contribution in [0.3, 0.4) is 0 Å². The molecular weight excluding hydrogens is 583 g/mol. The van der Waals surface area contributed by atoms with Gasteiger partial charge >= 0.3 is 6.18 Å². The number of hydrogen-bond acceptors (Lipinski definition) is 7. The molecule has 2 aliphatic rings. The quantitative estimate of drug-likeness (QED) is 0.345. The first-order valence-corrected chi connectivity index (χ1v) is 13.7. The molecule has 16 heteroatoms. The zero-order valence-electron chi connectivity index (χ0n) is 21.9. The van der Waals surface area contributed by atoms with E-state index in [-0.39, 0.29) is 15.4 Å². The Hall–Kier alpha value is -3.01. The summed E-state index contributed by atoms with van der Waals surface area (Å²) in [6.07, 6.45) is -7.36. The van der Waals surface area contributed by atoms with Crippen LogP contribution in [0.25, 0.3) is 10.4 Å². The predicted octanol–water partition coefficient (Wildman–Crippen LogP) is 5.41. The fourth-order valence-electron chi connectivity index (χ4n) is 5.02. The minimum Gasteiger partial charge on any atom is -0.391 e. The van der Waals surface area contributed by atoms with Gasteiger partial charge in [0, 0.05) is 29.8 Å². The van der Waals surface area contributed by atoms with E-state index in [9.17, 15) is 45.4 Å². The van der Waals surface area contributed by atoms with E-state index in [0.29, 0.717) is 36.7 Å². The van der Waals surface area contributed by atoms with Gasteiger partial charge in [0.05, 0.1) is 23.6 Å². The van der Waals surface area contributed by atoms with Crippen LogP contribution in [0.15, 0.2) is 12.3 Å². The van der Waals surface area contributed by atoms with Crippen LogP contribution in [0.5, 0.6) is 0 Å². The Morgan fingerprint density at radius 2 is 1.98 bits per heavy atom. The second kappa shape index (κ2) is 11.7. The lowest BCUT2D eigenvalue weighted by Crippen LogP contribution is -2.40. The number of nitrogens with zero attached hydrogens (tertiary/aromatic N) is 3. The van der Waals surface area contributed by atoms with E-state index in [0.717, 1.165) is 11.1 Å². The average Bonchev–Trinajstić information content (AvgIpc) is 3.57. The number of anilines is 1. The first kappa shape index (κ1) is 30.9. The van der Waals surface area contributed by atoms with Crippen LogP contribution in [-0.2, 0) is 0 Å². The van der Waals surface area contributed by atoms with Crippen molar-refractivity contribution in [3.63, 3.8) is 0 Å². The summed E-state index contributed by atoms with van der Waals surface area (Å²) < 4.78 is 96.3. The van der Waals surface area contributed by atoms with Crippen LogP contribution in [0.2, 0.25) is 0 Å². The maximum Gasteiger partial charge on any atom is 0.408 e. The minimum atomic E-state index is -4.68. The normalized spacial score (nSPS) is 23.2. The molecule has 41 heavy (non-hydrogen) atoms. The van der Waals surface area contributed by atoms with E-state index in [4.69, 9.17) is 0 Å². The summed E-state index contributed by atoms with van der Waals surface area (Å²) in [6.45, 7) is 1.69. The number of aliphatic hydroxyl groups excluding tert-OH is 1. The first-order valence-electron chi connectivity index (χ1n) is 12.9. The highest BCUT2D eigenvalue weighted by Crippen LogP contribution is 2.40. The fourth-order valence-corrected chi connectivity index (χ4v) is 6.01. The van der Waals surface area contributed by atoms with Crippen molar-refractivity contribution in [1.82, 2.24) is 20.2 Å². The number of aliphatic hydroxyl groups is 1. The molecule has 4 rings (SSSR count). The number of hydrogen-bond donors (Lipinski definition) is 3. The number of carbonyl (C=O) groups is 2. The summed E-state index contributed by atoms with van der Waals surface area (Å²) in [5.41, 5.74) is -1.72. The summed E-state index contributed by atoms with van der Waals surface area (Å²) in [4.78, 5) is 34.9. The number of halogens is 7. The van der Waals surface area contributed by atoms with Crippen LogP contribution >= 0.6 is 11.3 Å². The van der Waals surface area contributed by atoms with Gasteiger partial charge < -0.3 is 20.6 Å². The van der Waals surface area contributed by atoms with Crippen molar-refractivity contribution < 1.29 is 45.4 Å². The molecule has 3 heterocycles. The van der Waals surface area contributed by atoms with Gasteiger partial charge in [0.15, 0.2) is 5.01 Å². The average molecular weight is 612 g/mol. The molecular formula is C25H28F7N5O3S. The zero-order chi connectivity index (χ0) is 30.3.